The number of carboxylic acid groups (broad SMARTS) is 1. The minimum absolute atomic E-state index is 0.0489. The second kappa shape index (κ2) is 6.68. The van der Waals surface area contributed by atoms with Gasteiger partial charge in [0.05, 0.1) is 6.04 Å². The van der Waals surface area contributed by atoms with Crippen LogP contribution in [-0.4, -0.2) is 50.9 Å². The van der Waals surface area contributed by atoms with Crippen LogP contribution in [0.2, 0.25) is 0 Å². The van der Waals surface area contributed by atoms with Gasteiger partial charge in [-0.2, -0.15) is 18.3 Å². The lowest BCUT2D eigenvalue weighted by Crippen LogP contribution is -2.47. The van der Waals surface area contributed by atoms with E-state index in [1.807, 2.05) is 13.8 Å². The molecule has 25 heavy (non-hydrogen) atoms. The van der Waals surface area contributed by atoms with Crippen LogP contribution >= 0.6 is 0 Å². The molecular formula is C16H22F3N3O3. The molecule has 1 fully saturated rings. The van der Waals surface area contributed by atoms with Crippen LogP contribution in [0.4, 0.5) is 13.2 Å². The van der Waals surface area contributed by atoms with Gasteiger partial charge in [0.25, 0.3) is 5.91 Å². The second-order valence-electron chi connectivity index (χ2n) is 6.45. The zero-order chi connectivity index (χ0) is 19.0. The van der Waals surface area contributed by atoms with Gasteiger partial charge in [0.2, 0.25) is 0 Å². The van der Waals surface area contributed by atoms with Crippen molar-refractivity contribution in [2.24, 2.45) is 5.41 Å². The first kappa shape index (κ1) is 19.3. The second-order valence-corrected chi connectivity index (χ2v) is 6.45. The smallest absolute Gasteiger partial charge is 0.406 e. The van der Waals surface area contributed by atoms with Crippen molar-refractivity contribution in [2.75, 3.05) is 13.1 Å². The highest BCUT2D eigenvalue weighted by atomic mass is 19.4. The van der Waals surface area contributed by atoms with Crippen molar-refractivity contribution in [3.63, 3.8) is 0 Å². The van der Waals surface area contributed by atoms with E-state index in [0.29, 0.717) is 0 Å². The van der Waals surface area contributed by atoms with Gasteiger partial charge in [-0.3, -0.25) is 14.3 Å². The van der Waals surface area contributed by atoms with Crippen molar-refractivity contribution in [3.05, 3.63) is 17.5 Å². The summed E-state index contributed by atoms with van der Waals surface area (Å²) in [5, 5.41) is 13.3. The number of carboxylic acids is 1. The zero-order valence-corrected chi connectivity index (χ0v) is 14.4. The van der Waals surface area contributed by atoms with Gasteiger partial charge < -0.3 is 10.0 Å². The predicted molar refractivity (Wildman–Crippen MR) is 83.2 cm³/mol. The van der Waals surface area contributed by atoms with Crippen molar-refractivity contribution in [2.45, 2.75) is 52.3 Å². The number of likely N-dealkylation sites (tertiary alicyclic amines) is 1. The summed E-state index contributed by atoms with van der Waals surface area (Å²) in [5.41, 5.74) is -2.11. The predicted octanol–water partition coefficient (Wildman–Crippen LogP) is 3.03. The number of hydrogen-bond donors (Lipinski definition) is 1. The molecule has 1 N–H and O–H groups in total. The fraction of sp³-hybridized carbons (Fsp3) is 0.688. The molecule has 9 heteroatoms. The van der Waals surface area contributed by atoms with Gasteiger partial charge in [-0.15, -0.1) is 0 Å². The number of hydrogen-bond acceptors (Lipinski definition) is 3. The van der Waals surface area contributed by atoms with Crippen molar-refractivity contribution < 1.29 is 27.9 Å². The molecule has 1 amide bonds. The minimum Gasteiger partial charge on any atom is -0.481 e. The number of carbonyl (C=O) groups excluding carboxylic acids is 1. The first-order chi connectivity index (χ1) is 11.6. The number of aromatic nitrogens is 2. The molecular weight excluding hydrogens is 339 g/mol. The first-order valence-corrected chi connectivity index (χ1v) is 8.23. The molecule has 0 radical (unpaired) electrons. The molecule has 1 atom stereocenters. The first-order valence-electron chi connectivity index (χ1n) is 8.23. The van der Waals surface area contributed by atoms with E-state index in [2.05, 4.69) is 5.10 Å². The Morgan fingerprint density at radius 1 is 1.36 bits per heavy atom. The molecule has 1 aromatic heterocycles. The summed E-state index contributed by atoms with van der Waals surface area (Å²) in [7, 11) is 0. The Bertz CT molecular complexity index is 667. The molecule has 2 heterocycles. The van der Waals surface area contributed by atoms with Crippen LogP contribution in [0.15, 0.2) is 6.07 Å². The summed E-state index contributed by atoms with van der Waals surface area (Å²) < 4.78 is 41.4. The van der Waals surface area contributed by atoms with Crippen LogP contribution in [0, 0.1) is 12.3 Å². The van der Waals surface area contributed by atoms with Crippen molar-refractivity contribution in [1.29, 1.82) is 0 Å². The lowest BCUT2D eigenvalue weighted by Gasteiger charge is -2.27. The molecule has 0 bridgehead atoms. The SMILES string of the molecule is CCC(CC)n1nc(C(=O)N2CCC(C(=O)O)(C(F)(F)F)C2)cc1C. The van der Waals surface area contributed by atoms with Gasteiger partial charge in [0.15, 0.2) is 11.1 Å². The van der Waals surface area contributed by atoms with Crippen LogP contribution in [-0.2, 0) is 4.79 Å². The van der Waals surface area contributed by atoms with E-state index in [9.17, 15) is 22.8 Å². The molecule has 140 valence electrons. The molecule has 1 aromatic rings. The number of rotatable bonds is 5. The summed E-state index contributed by atoms with van der Waals surface area (Å²) in [5.74, 6) is -2.62. The van der Waals surface area contributed by atoms with Crippen LogP contribution in [0.1, 0.15) is 55.3 Å². The molecule has 0 aromatic carbocycles. The summed E-state index contributed by atoms with van der Waals surface area (Å²) in [4.78, 5) is 24.7. The van der Waals surface area contributed by atoms with E-state index in [-0.39, 0.29) is 18.3 Å². The molecule has 1 aliphatic rings. The minimum atomic E-state index is -4.92. The Labute approximate surface area is 143 Å². The number of carbonyl (C=O) groups is 2. The average Bonchev–Trinajstić information content (AvgIpc) is 3.13. The van der Waals surface area contributed by atoms with E-state index < -0.39 is 36.4 Å². The van der Waals surface area contributed by atoms with Crippen LogP contribution in [0.5, 0.6) is 0 Å². The maximum Gasteiger partial charge on any atom is 0.406 e. The highest BCUT2D eigenvalue weighted by Gasteiger charge is 2.64. The highest BCUT2D eigenvalue weighted by molar-refractivity contribution is 5.93. The zero-order valence-electron chi connectivity index (χ0n) is 14.4. The highest BCUT2D eigenvalue weighted by Crippen LogP contribution is 2.46. The van der Waals surface area contributed by atoms with E-state index in [4.69, 9.17) is 5.11 Å². The Hall–Kier alpha value is -2.06. The normalized spacial score (nSPS) is 21.2. The third kappa shape index (κ3) is 3.23. The maximum atomic E-state index is 13.2. The molecule has 1 saturated heterocycles. The topological polar surface area (TPSA) is 75.4 Å². The fourth-order valence-corrected chi connectivity index (χ4v) is 3.27. The van der Waals surface area contributed by atoms with Gasteiger partial charge >= 0.3 is 12.1 Å². The molecule has 1 unspecified atom stereocenters. The molecule has 0 spiro atoms. The van der Waals surface area contributed by atoms with Crippen molar-refractivity contribution >= 4 is 11.9 Å². The van der Waals surface area contributed by atoms with Gasteiger partial charge in [0.1, 0.15) is 0 Å². The molecule has 6 nitrogen and oxygen atoms in total. The molecule has 0 aliphatic carbocycles. The largest absolute Gasteiger partial charge is 0.481 e. The summed E-state index contributed by atoms with van der Waals surface area (Å²) in [6, 6.07) is 1.64. The van der Waals surface area contributed by atoms with E-state index in [0.717, 1.165) is 23.4 Å². The Balaban J connectivity index is 2.26. The Kier molecular flexibility index (Phi) is 5.15. The maximum absolute atomic E-state index is 13.2. The molecule has 1 aliphatic heterocycles. The third-order valence-electron chi connectivity index (χ3n) is 4.94. The number of aryl methyl sites for hydroxylation is 1. The van der Waals surface area contributed by atoms with Crippen LogP contribution in [0.3, 0.4) is 0 Å². The summed E-state index contributed by atoms with van der Waals surface area (Å²) >= 11 is 0. The number of amides is 1. The lowest BCUT2D eigenvalue weighted by atomic mass is 9.86. The van der Waals surface area contributed by atoms with E-state index >= 15 is 0 Å². The quantitative estimate of drug-likeness (QED) is 0.875. The van der Waals surface area contributed by atoms with Gasteiger partial charge in [0, 0.05) is 18.8 Å². The van der Waals surface area contributed by atoms with Crippen molar-refractivity contribution in [1.82, 2.24) is 14.7 Å². The number of nitrogens with zero attached hydrogens (tertiary/aromatic N) is 3. The number of alkyl halides is 3. The Morgan fingerprint density at radius 2 is 1.96 bits per heavy atom. The average molecular weight is 361 g/mol. The van der Waals surface area contributed by atoms with Gasteiger partial charge in [-0.1, -0.05) is 13.8 Å². The standard InChI is InChI=1S/C16H22F3N3O3/c1-4-11(5-2)22-10(3)8-12(20-22)13(23)21-7-6-15(9-21,14(24)25)16(17,18)19/h8,11H,4-7,9H2,1-3H3,(H,24,25). The van der Waals surface area contributed by atoms with Crippen LogP contribution < -0.4 is 0 Å². The molecule has 0 saturated carbocycles. The van der Waals surface area contributed by atoms with Crippen LogP contribution in [0.25, 0.3) is 0 Å². The summed E-state index contributed by atoms with van der Waals surface area (Å²) in [6.07, 6.45) is -3.94. The number of aliphatic carboxylic acids is 1. The van der Waals surface area contributed by atoms with Gasteiger partial charge in [-0.05, 0) is 32.3 Å². The molecule has 2 rings (SSSR count). The fourth-order valence-electron chi connectivity index (χ4n) is 3.27. The monoisotopic (exact) mass is 361 g/mol. The van der Waals surface area contributed by atoms with Crippen molar-refractivity contribution in [3.8, 4) is 0 Å². The Morgan fingerprint density at radius 3 is 2.40 bits per heavy atom. The summed E-state index contributed by atoms with van der Waals surface area (Å²) in [6.45, 7) is 4.61. The van der Waals surface area contributed by atoms with E-state index in [1.165, 1.54) is 6.07 Å². The third-order valence-corrected chi connectivity index (χ3v) is 4.94. The van der Waals surface area contributed by atoms with Gasteiger partial charge in [-0.25, -0.2) is 0 Å². The lowest BCUT2D eigenvalue weighted by molar-refractivity contribution is -0.227. The van der Waals surface area contributed by atoms with E-state index in [1.54, 1.807) is 11.6 Å². The number of halogens is 3.